The van der Waals surface area contributed by atoms with E-state index in [1.807, 2.05) is 0 Å². The van der Waals surface area contributed by atoms with Gasteiger partial charge in [0.15, 0.2) is 0 Å². The van der Waals surface area contributed by atoms with Crippen LogP contribution in [0.4, 0.5) is 0 Å². The lowest BCUT2D eigenvalue weighted by atomic mass is 10.0. The van der Waals surface area contributed by atoms with Gasteiger partial charge in [-0.2, -0.15) is 0 Å². The summed E-state index contributed by atoms with van der Waals surface area (Å²) in [5, 5.41) is 1.57. The molecule has 0 aromatic rings. The van der Waals surface area contributed by atoms with E-state index < -0.39 is 0 Å². The van der Waals surface area contributed by atoms with Gasteiger partial charge in [-0.1, -0.05) is 115 Å². The van der Waals surface area contributed by atoms with E-state index in [1.54, 1.807) is 5.28 Å². The van der Waals surface area contributed by atoms with Crippen molar-refractivity contribution in [2.75, 3.05) is 0 Å². The third kappa shape index (κ3) is 20.5. The average Bonchev–Trinajstić information content (AvgIpc) is 2.46. The van der Waals surface area contributed by atoms with Crippen molar-refractivity contribution in [3.63, 3.8) is 0 Å². The van der Waals surface area contributed by atoms with Gasteiger partial charge in [0.25, 0.3) is 14.1 Å². The third-order valence-corrected chi connectivity index (χ3v) is 6.20. The van der Waals surface area contributed by atoms with Crippen molar-refractivity contribution in [3.8, 4) is 0 Å². The van der Waals surface area contributed by atoms with Crippen molar-refractivity contribution in [2.24, 2.45) is 0 Å². The minimum atomic E-state index is -0.263. The first-order valence-electron chi connectivity index (χ1n) is 10.3. The van der Waals surface area contributed by atoms with Gasteiger partial charge in [0.1, 0.15) is 0 Å². The van der Waals surface area contributed by atoms with E-state index in [2.05, 4.69) is 18.5 Å². The molecule has 0 rings (SSSR count). The Morgan fingerprint density at radius 1 is 0.429 bits per heavy atom. The van der Waals surface area contributed by atoms with Crippen molar-refractivity contribution in [2.45, 2.75) is 127 Å². The zero-order chi connectivity index (χ0) is 15.6. The maximum Gasteiger partial charge on any atom is 0.255 e. The molecule has 0 amide bonds. The summed E-state index contributed by atoms with van der Waals surface area (Å²) in [6.45, 7) is 2.30. The smallest absolute Gasteiger partial charge is 0.106 e. The van der Waals surface area contributed by atoms with Crippen LogP contribution in [0.2, 0.25) is 16.9 Å². The predicted molar refractivity (Wildman–Crippen MR) is 102 cm³/mol. The molecule has 0 aliphatic rings. The Labute approximate surface area is 140 Å². The van der Waals surface area contributed by atoms with Gasteiger partial charge in [0.2, 0.25) is 0 Å². The third-order valence-electron chi connectivity index (χ3n) is 4.64. The van der Waals surface area contributed by atoms with E-state index in [1.165, 1.54) is 103 Å². The fourth-order valence-electron chi connectivity index (χ4n) is 3.10. The summed E-state index contributed by atoms with van der Waals surface area (Å²) in [5.41, 5.74) is 0. The normalized spacial score (nSPS) is 11.0. The van der Waals surface area contributed by atoms with Crippen molar-refractivity contribution in [1.29, 1.82) is 0 Å². The fourth-order valence-corrected chi connectivity index (χ4v) is 4.21. The Morgan fingerprint density at radius 2 is 0.714 bits per heavy atom. The minimum absolute atomic E-state index is 0.263. The molecule has 0 aromatic carbocycles. The van der Waals surface area contributed by atoms with Gasteiger partial charge < -0.3 is 0 Å². The van der Waals surface area contributed by atoms with Crippen LogP contribution in [-0.4, -0.2) is 14.1 Å². The van der Waals surface area contributed by atoms with Gasteiger partial charge in [-0.3, -0.25) is 0 Å². The second kappa shape index (κ2) is 18.6. The molecule has 0 aromatic heterocycles. The van der Waals surface area contributed by atoms with Crippen LogP contribution >= 0.6 is 0 Å². The summed E-state index contributed by atoms with van der Waals surface area (Å²) in [4.78, 5) is 0. The quantitative estimate of drug-likeness (QED) is 0.188. The van der Waals surface area contributed by atoms with Crippen LogP contribution in [0.25, 0.3) is 0 Å². The highest BCUT2D eigenvalue weighted by Gasteiger charge is 2.00. The van der Waals surface area contributed by atoms with Crippen molar-refractivity contribution in [3.05, 3.63) is 0 Å². The molecular formula is C20H43Al. The molecular weight excluding hydrogens is 267 g/mol. The lowest BCUT2D eigenvalue weighted by molar-refractivity contribution is 0.531. The lowest BCUT2D eigenvalue weighted by Gasteiger charge is -2.03. The number of rotatable bonds is 17. The lowest BCUT2D eigenvalue weighted by Crippen LogP contribution is -1.97. The second-order valence-corrected chi connectivity index (χ2v) is 10.9. The molecule has 21 heavy (non-hydrogen) atoms. The van der Waals surface area contributed by atoms with Crippen LogP contribution in [0.3, 0.4) is 0 Å². The maximum absolute atomic E-state index is 2.48. The molecule has 1 heteroatoms. The van der Waals surface area contributed by atoms with Crippen LogP contribution in [0, 0.1) is 0 Å². The van der Waals surface area contributed by atoms with E-state index in [0.717, 1.165) is 0 Å². The molecule has 0 radical (unpaired) electrons. The Bertz CT molecular complexity index is 177. The molecule has 0 unspecified atom stereocenters. The topological polar surface area (TPSA) is 0 Å². The highest BCUT2D eigenvalue weighted by Crippen LogP contribution is 2.14. The van der Waals surface area contributed by atoms with E-state index in [9.17, 15) is 0 Å². The largest absolute Gasteiger partial charge is 0.255 e. The first-order chi connectivity index (χ1) is 10.3. The summed E-state index contributed by atoms with van der Waals surface area (Å²) in [5.74, 6) is 4.95. The van der Waals surface area contributed by atoms with Gasteiger partial charge >= 0.3 is 0 Å². The SMILES string of the molecule is CCCCCCCCCCCCCCCCC[CH2][Al]([CH3])[CH3]. The van der Waals surface area contributed by atoms with Crippen molar-refractivity contribution in [1.82, 2.24) is 0 Å². The molecule has 0 atom stereocenters. The Hall–Kier alpha value is 0.532. The summed E-state index contributed by atoms with van der Waals surface area (Å²) in [7, 11) is 0. The van der Waals surface area contributed by atoms with Gasteiger partial charge in [-0.05, 0) is 0 Å². The standard InChI is InChI=1S/C18H37.2CH3.Al/c1-3-5-7-9-11-13-15-17-18-16-14-12-10-8-6-4-2;;;/h1,3-18H2,2H3;2*1H3;. The maximum atomic E-state index is 2.48. The average molecular weight is 311 g/mol. The minimum Gasteiger partial charge on any atom is -0.106 e. The molecule has 0 aliphatic carbocycles. The highest BCUT2D eigenvalue weighted by molar-refractivity contribution is 6.55. The Balaban J connectivity index is 2.93. The van der Waals surface area contributed by atoms with Crippen LogP contribution in [-0.2, 0) is 0 Å². The van der Waals surface area contributed by atoms with Crippen molar-refractivity contribution < 1.29 is 0 Å². The Kier molecular flexibility index (Phi) is 19.1. The highest BCUT2D eigenvalue weighted by atomic mass is 27.2. The van der Waals surface area contributed by atoms with Crippen LogP contribution in [0.1, 0.15) is 110 Å². The predicted octanol–water partition coefficient (Wildman–Crippen LogP) is 8.00. The molecule has 0 heterocycles. The van der Waals surface area contributed by atoms with Crippen LogP contribution in [0.5, 0.6) is 0 Å². The summed E-state index contributed by atoms with van der Waals surface area (Å²) in [6.07, 6.45) is 23.7. The summed E-state index contributed by atoms with van der Waals surface area (Å²) < 4.78 is 0. The van der Waals surface area contributed by atoms with Gasteiger partial charge in [-0.15, -0.1) is 11.6 Å². The summed E-state index contributed by atoms with van der Waals surface area (Å²) in [6, 6.07) is 0. The molecule has 0 N–H and O–H groups in total. The van der Waals surface area contributed by atoms with Gasteiger partial charge in [0, 0.05) is 0 Å². The zero-order valence-electron chi connectivity index (χ0n) is 15.6. The molecule has 0 saturated heterocycles. The molecule has 0 spiro atoms. The molecule has 0 bridgehead atoms. The number of hydrogen-bond acceptors (Lipinski definition) is 0. The second-order valence-electron chi connectivity index (χ2n) is 7.49. The van der Waals surface area contributed by atoms with E-state index in [0.29, 0.717) is 0 Å². The van der Waals surface area contributed by atoms with E-state index in [-0.39, 0.29) is 14.1 Å². The molecule has 0 nitrogen and oxygen atoms in total. The molecule has 0 fully saturated rings. The van der Waals surface area contributed by atoms with E-state index >= 15 is 0 Å². The first kappa shape index (κ1) is 21.5. The van der Waals surface area contributed by atoms with E-state index in [4.69, 9.17) is 0 Å². The Morgan fingerprint density at radius 3 is 1.00 bits per heavy atom. The van der Waals surface area contributed by atoms with Gasteiger partial charge in [-0.25, -0.2) is 0 Å². The summed E-state index contributed by atoms with van der Waals surface area (Å²) >= 11 is -0.263. The van der Waals surface area contributed by atoms with Crippen LogP contribution < -0.4 is 0 Å². The number of unbranched alkanes of at least 4 members (excludes halogenated alkanes) is 15. The fraction of sp³-hybridized carbons (Fsp3) is 1.00. The zero-order valence-corrected chi connectivity index (χ0v) is 16.8. The molecule has 126 valence electrons. The molecule has 0 aliphatic heterocycles. The van der Waals surface area contributed by atoms with Gasteiger partial charge in [0.05, 0.1) is 0 Å². The monoisotopic (exact) mass is 310 g/mol. The number of hydrogen-bond donors (Lipinski definition) is 0. The molecule has 0 saturated carbocycles. The van der Waals surface area contributed by atoms with Crippen LogP contribution in [0.15, 0.2) is 0 Å². The van der Waals surface area contributed by atoms with Crippen molar-refractivity contribution >= 4 is 14.1 Å². The first-order valence-corrected chi connectivity index (χ1v) is 13.4.